The summed E-state index contributed by atoms with van der Waals surface area (Å²) in [5.41, 5.74) is 13.0. The fourth-order valence-electron chi connectivity index (χ4n) is 2.33. The average Bonchev–Trinajstić information content (AvgIpc) is 2.57. The minimum absolute atomic E-state index is 0.147. The first-order valence-corrected chi connectivity index (χ1v) is 7.63. The van der Waals surface area contributed by atoms with E-state index >= 15 is 0 Å². The van der Waals surface area contributed by atoms with E-state index in [1.54, 1.807) is 12.1 Å². The van der Waals surface area contributed by atoms with Crippen LogP contribution in [-0.4, -0.2) is 29.0 Å². The normalized spacial score (nSPS) is 13.0. The number of nitrogens with two attached hydrogens (primary N) is 2. The Morgan fingerprint density at radius 1 is 0.958 bits per heavy atom. The van der Waals surface area contributed by atoms with Gasteiger partial charge in [0.1, 0.15) is 11.8 Å². The minimum Gasteiger partial charge on any atom is -0.508 e. The topological polar surface area (TPSA) is 118 Å². The van der Waals surface area contributed by atoms with Crippen molar-refractivity contribution in [3.05, 3.63) is 65.7 Å². The van der Waals surface area contributed by atoms with Crippen molar-refractivity contribution in [3.8, 4) is 5.75 Å². The second-order valence-corrected chi connectivity index (χ2v) is 5.63. The maximum Gasteiger partial charge on any atom is 0.240 e. The summed E-state index contributed by atoms with van der Waals surface area (Å²) in [6.45, 7) is 0. The molecule has 0 aliphatic heterocycles. The van der Waals surface area contributed by atoms with Gasteiger partial charge < -0.3 is 21.9 Å². The summed E-state index contributed by atoms with van der Waals surface area (Å²) in [4.78, 5) is 23.8. The van der Waals surface area contributed by atoms with Crippen LogP contribution in [0.25, 0.3) is 0 Å². The van der Waals surface area contributed by atoms with E-state index in [1.807, 2.05) is 30.3 Å². The SMILES string of the molecule is NC(=O)[C@H](Cc1ccccc1)NC(=O)[C@@H](N)Cc1ccc(O)cc1. The van der Waals surface area contributed by atoms with Crippen LogP contribution in [0.3, 0.4) is 0 Å². The molecule has 0 heterocycles. The number of primary amides is 1. The number of hydrogen-bond acceptors (Lipinski definition) is 4. The first-order chi connectivity index (χ1) is 11.5. The highest BCUT2D eigenvalue weighted by Gasteiger charge is 2.22. The molecule has 0 unspecified atom stereocenters. The molecule has 2 amide bonds. The summed E-state index contributed by atoms with van der Waals surface area (Å²) < 4.78 is 0. The van der Waals surface area contributed by atoms with E-state index in [4.69, 9.17) is 11.5 Å². The lowest BCUT2D eigenvalue weighted by molar-refractivity contribution is -0.128. The van der Waals surface area contributed by atoms with Crippen molar-refractivity contribution in [1.82, 2.24) is 5.32 Å². The van der Waals surface area contributed by atoms with Crippen molar-refractivity contribution in [3.63, 3.8) is 0 Å². The number of rotatable bonds is 7. The van der Waals surface area contributed by atoms with Gasteiger partial charge in [0.2, 0.25) is 11.8 Å². The minimum atomic E-state index is -0.814. The van der Waals surface area contributed by atoms with E-state index in [0.717, 1.165) is 11.1 Å². The van der Waals surface area contributed by atoms with Gasteiger partial charge in [-0.2, -0.15) is 0 Å². The Bertz CT molecular complexity index is 686. The summed E-state index contributed by atoms with van der Waals surface area (Å²) in [5, 5.41) is 11.9. The number of carbonyl (C=O) groups excluding carboxylic acids is 2. The molecule has 0 aliphatic rings. The van der Waals surface area contributed by atoms with E-state index in [9.17, 15) is 14.7 Å². The van der Waals surface area contributed by atoms with Gasteiger partial charge >= 0.3 is 0 Å². The van der Waals surface area contributed by atoms with Crippen molar-refractivity contribution in [2.24, 2.45) is 11.5 Å². The molecule has 0 spiro atoms. The number of nitrogens with one attached hydrogen (secondary N) is 1. The molecule has 6 nitrogen and oxygen atoms in total. The van der Waals surface area contributed by atoms with Crippen molar-refractivity contribution >= 4 is 11.8 Å². The van der Waals surface area contributed by atoms with Gasteiger partial charge in [-0.1, -0.05) is 42.5 Å². The molecule has 0 fully saturated rings. The molecule has 0 aromatic heterocycles. The van der Waals surface area contributed by atoms with Gasteiger partial charge in [-0.3, -0.25) is 9.59 Å². The zero-order chi connectivity index (χ0) is 17.5. The Hall–Kier alpha value is -2.86. The first-order valence-electron chi connectivity index (χ1n) is 7.63. The van der Waals surface area contributed by atoms with Crippen LogP contribution in [0.2, 0.25) is 0 Å². The van der Waals surface area contributed by atoms with E-state index in [-0.39, 0.29) is 5.75 Å². The highest BCUT2D eigenvalue weighted by molar-refractivity contribution is 5.89. The Morgan fingerprint density at radius 2 is 1.54 bits per heavy atom. The molecule has 0 bridgehead atoms. The van der Waals surface area contributed by atoms with Crippen LogP contribution in [0, 0.1) is 0 Å². The van der Waals surface area contributed by atoms with Crippen LogP contribution in [0.15, 0.2) is 54.6 Å². The largest absolute Gasteiger partial charge is 0.508 e. The summed E-state index contributed by atoms with van der Waals surface area (Å²) >= 11 is 0. The predicted molar refractivity (Wildman–Crippen MR) is 91.1 cm³/mol. The molecule has 2 rings (SSSR count). The Morgan fingerprint density at radius 3 is 2.12 bits per heavy atom. The predicted octanol–water partition coefficient (Wildman–Crippen LogP) is 0.475. The zero-order valence-electron chi connectivity index (χ0n) is 13.2. The standard InChI is InChI=1S/C18H21N3O3/c19-15(10-13-6-8-14(22)9-7-13)18(24)21-16(17(20)23)11-12-4-2-1-3-5-12/h1-9,15-16,22H,10-11,19H2,(H2,20,23)(H,21,24)/t15-,16-/m0/s1. The summed E-state index contributed by atoms with van der Waals surface area (Å²) in [6.07, 6.45) is 0.608. The van der Waals surface area contributed by atoms with Crippen LogP contribution in [-0.2, 0) is 22.4 Å². The van der Waals surface area contributed by atoms with Crippen LogP contribution < -0.4 is 16.8 Å². The van der Waals surface area contributed by atoms with E-state index in [0.29, 0.717) is 12.8 Å². The lowest BCUT2D eigenvalue weighted by Gasteiger charge is -2.19. The van der Waals surface area contributed by atoms with Crippen LogP contribution in [0.4, 0.5) is 0 Å². The molecule has 2 aromatic carbocycles. The van der Waals surface area contributed by atoms with E-state index in [2.05, 4.69) is 5.32 Å². The quantitative estimate of drug-likeness (QED) is 0.591. The molecule has 126 valence electrons. The molecular formula is C18H21N3O3. The first kappa shape index (κ1) is 17.5. The number of phenolic OH excluding ortho intramolecular Hbond substituents is 1. The maximum atomic E-state index is 12.2. The lowest BCUT2D eigenvalue weighted by Crippen LogP contribution is -2.51. The maximum absolute atomic E-state index is 12.2. The second-order valence-electron chi connectivity index (χ2n) is 5.63. The van der Waals surface area contributed by atoms with Gasteiger partial charge in [0.05, 0.1) is 6.04 Å². The molecule has 2 aromatic rings. The fourth-order valence-corrected chi connectivity index (χ4v) is 2.33. The highest BCUT2D eigenvalue weighted by Crippen LogP contribution is 2.11. The lowest BCUT2D eigenvalue weighted by atomic mass is 10.0. The summed E-state index contributed by atoms with van der Waals surface area (Å²) in [6, 6.07) is 14.1. The average molecular weight is 327 g/mol. The zero-order valence-corrected chi connectivity index (χ0v) is 13.2. The van der Waals surface area contributed by atoms with Gasteiger partial charge in [-0.15, -0.1) is 0 Å². The third-order valence-corrected chi connectivity index (χ3v) is 3.67. The van der Waals surface area contributed by atoms with Crippen LogP contribution in [0.1, 0.15) is 11.1 Å². The van der Waals surface area contributed by atoms with E-state index < -0.39 is 23.9 Å². The molecule has 0 aliphatic carbocycles. The Labute approximate surface area is 140 Å². The molecule has 6 N–H and O–H groups in total. The van der Waals surface area contributed by atoms with Crippen molar-refractivity contribution in [2.75, 3.05) is 0 Å². The number of benzene rings is 2. The monoisotopic (exact) mass is 327 g/mol. The molecule has 0 saturated carbocycles. The third kappa shape index (κ3) is 5.10. The molecule has 24 heavy (non-hydrogen) atoms. The van der Waals surface area contributed by atoms with Crippen molar-refractivity contribution in [2.45, 2.75) is 24.9 Å². The van der Waals surface area contributed by atoms with E-state index in [1.165, 1.54) is 12.1 Å². The Balaban J connectivity index is 1.96. The summed E-state index contributed by atoms with van der Waals surface area (Å²) in [7, 11) is 0. The molecule has 0 radical (unpaired) electrons. The smallest absolute Gasteiger partial charge is 0.240 e. The van der Waals surface area contributed by atoms with Crippen molar-refractivity contribution in [1.29, 1.82) is 0 Å². The molecule has 2 atom stereocenters. The van der Waals surface area contributed by atoms with Crippen LogP contribution >= 0.6 is 0 Å². The fraction of sp³-hybridized carbons (Fsp3) is 0.222. The number of amides is 2. The molecular weight excluding hydrogens is 306 g/mol. The van der Waals surface area contributed by atoms with Gasteiger partial charge in [-0.25, -0.2) is 0 Å². The number of carbonyl (C=O) groups is 2. The third-order valence-electron chi connectivity index (χ3n) is 3.67. The van der Waals surface area contributed by atoms with Gasteiger partial charge in [0.15, 0.2) is 0 Å². The summed E-state index contributed by atoms with van der Waals surface area (Å²) in [5.74, 6) is -0.903. The second kappa shape index (κ2) is 8.12. The van der Waals surface area contributed by atoms with Gasteiger partial charge in [0.25, 0.3) is 0 Å². The number of hydrogen-bond donors (Lipinski definition) is 4. The van der Waals surface area contributed by atoms with Crippen LogP contribution in [0.5, 0.6) is 5.75 Å². The van der Waals surface area contributed by atoms with Gasteiger partial charge in [0, 0.05) is 6.42 Å². The molecule has 6 heteroatoms. The van der Waals surface area contributed by atoms with Gasteiger partial charge in [-0.05, 0) is 29.7 Å². The number of aromatic hydroxyl groups is 1. The Kier molecular flexibility index (Phi) is 5.92. The molecule has 0 saturated heterocycles. The van der Waals surface area contributed by atoms with Crippen molar-refractivity contribution < 1.29 is 14.7 Å². The highest BCUT2D eigenvalue weighted by atomic mass is 16.3. The number of phenols is 1.